The van der Waals surface area contributed by atoms with Crippen molar-refractivity contribution in [3.63, 3.8) is 0 Å². The summed E-state index contributed by atoms with van der Waals surface area (Å²) in [7, 11) is 0. The van der Waals surface area contributed by atoms with Crippen LogP contribution < -0.4 is 5.63 Å². The minimum Gasteiger partial charge on any atom is -0.423 e. The molecule has 0 N–H and O–H groups in total. The first-order valence-corrected chi connectivity index (χ1v) is 5.09. The van der Waals surface area contributed by atoms with Gasteiger partial charge in [-0.15, -0.1) is 0 Å². The van der Waals surface area contributed by atoms with Gasteiger partial charge in [-0.2, -0.15) is 0 Å². The van der Waals surface area contributed by atoms with Crippen LogP contribution in [0, 0.1) is 6.92 Å². The fourth-order valence-electron chi connectivity index (χ4n) is 1.45. The fraction of sp³-hybridized carbons (Fsp3) is 0.0714. The molecule has 2 heteroatoms. The van der Waals surface area contributed by atoms with Gasteiger partial charge in [-0.05, 0) is 30.2 Å². The van der Waals surface area contributed by atoms with Gasteiger partial charge in [0.05, 0.1) is 0 Å². The van der Waals surface area contributed by atoms with Crippen LogP contribution in [-0.4, -0.2) is 0 Å². The molecule has 1 heterocycles. The van der Waals surface area contributed by atoms with Crippen LogP contribution in [0.3, 0.4) is 0 Å². The summed E-state index contributed by atoms with van der Waals surface area (Å²) in [6.45, 7) is 1.87. The average Bonchev–Trinajstić information content (AvgIpc) is 2.27. The zero-order valence-electron chi connectivity index (χ0n) is 9.01. The van der Waals surface area contributed by atoms with E-state index in [9.17, 15) is 4.79 Å². The quantitative estimate of drug-likeness (QED) is 0.765. The molecule has 2 aromatic rings. The van der Waals surface area contributed by atoms with Gasteiger partial charge in [0, 0.05) is 6.07 Å². The SMILES string of the molecule is Cc1cc(/C=C/c2ccccc2)oc(=O)c1. The summed E-state index contributed by atoms with van der Waals surface area (Å²) >= 11 is 0. The highest BCUT2D eigenvalue weighted by molar-refractivity contribution is 5.67. The number of benzene rings is 1. The smallest absolute Gasteiger partial charge is 0.336 e. The van der Waals surface area contributed by atoms with Gasteiger partial charge in [-0.3, -0.25) is 0 Å². The van der Waals surface area contributed by atoms with Gasteiger partial charge in [0.15, 0.2) is 0 Å². The highest BCUT2D eigenvalue weighted by Crippen LogP contribution is 2.07. The van der Waals surface area contributed by atoms with Gasteiger partial charge in [0.25, 0.3) is 0 Å². The molecule has 0 fully saturated rings. The van der Waals surface area contributed by atoms with Crippen LogP contribution in [0.4, 0.5) is 0 Å². The fourth-order valence-corrected chi connectivity index (χ4v) is 1.45. The van der Waals surface area contributed by atoms with E-state index in [0.29, 0.717) is 5.76 Å². The van der Waals surface area contributed by atoms with Gasteiger partial charge >= 0.3 is 5.63 Å². The van der Waals surface area contributed by atoms with Crippen molar-refractivity contribution in [1.29, 1.82) is 0 Å². The lowest BCUT2D eigenvalue weighted by atomic mass is 10.2. The van der Waals surface area contributed by atoms with E-state index in [1.54, 1.807) is 6.08 Å². The van der Waals surface area contributed by atoms with E-state index >= 15 is 0 Å². The summed E-state index contributed by atoms with van der Waals surface area (Å²) in [4.78, 5) is 11.1. The van der Waals surface area contributed by atoms with E-state index in [0.717, 1.165) is 11.1 Å². The van der Waals surface area contributed by atoms with Gasteiger partial charge in [-0.1, -0.05) is 36.4 Å². The lowest BCUT2D eigenvalue weighted by molar-refractivity contribution is 0.500. The van der Waals surface area contributed by atoms with Gasteiger partial charge in [0.1, 0.15) is 5.76 Å². The molecule has 0 radical (unpaired) electrons. The Hall–Kier alpha value is -2.09. The molecule has 80 valence electrons. The summed E-state index contributed by atoms with van der Waals surface area (Å²) in [6, 6.07) is 13.2. The number of rotatable bonds is 2. The first kappa shape index (κ1) is 10.4. The Balaban J connectivity index is 2.27. The second-order valence-corrected chi connectivity index (χ2v) is 3.60. The topological polar surface area (TPSA) is 30.2 Å². The van der Waals surface area contributed by atoms with Crippen molar-refractivity contribution in [2.75, 3.05) is 0 Å². The molecular formula is C14H12O2. The number of aryl methyl sites for hydroxylation is 1. The molecule has 0 saturated heterocycles. The molecule has 2 nitrogen and oxygen atoms in total. The molecule has 0 aliphatic rings. The second kappa shape index (κ2) is 4.62. The molecule has 2 rings (SSSR count). The van der Waals surface area contributed by atoms with E-state index < -0.39 is 0 Å². The van der Waals surface area contributed by atoms with Gasteiger partial charge in [-0.25, -0.2) is 4.79 Å². The normalized spacial score (nSPS) is 10.8. The minimum absolute atomic E-state index is 0.312. The van der Waals surface area contributed by atoms with Crippen molar-refractivity contribution in [2.24, 2.45) is 0 Å². The van der Waals surface area contributed by atoms with Crippen LogP contribution in [0.25, 0.3) is 12.2 Å². The van der Waals surface area contributed by atoms with Gasteiger partial charge in [0.2, 0.25) is 0 Å². The van der Waals surface area contributed by atoms with Crippen LogP contribution in [0.15, 0.2) is 51.7 Å². The molecule has 0 unspecified atom stereocenters. The maximum atomic E-state index is 11.1. The average molecular weight is 212 g/mol. The van der Waals surface area contributed by atoms with Crippen molar-refractivity contribution in [3.05, 3.63) is 69.8 Å². The summed E-state index contributed by atoms with van der Waals surface area (Å²) in [5, 5.41) is 0. The molecule has 16 heavy (non-hydrogen) atoms. The zero-order chi connectivity index (χ0) is 11.4. The van der Waals surface area contributed by atoms with E-state index in [-0.39, 0.29) is 5.63 Å². The summed E-state index contributed by atoms with van der Waals surface area (Å²) in [6.07, 6.45) is 3.71. The molecule has 0 aliphatic heterocycles. The van der Waals surface area contributed by atoms with E-state index in [1.165, 1.54) is 6.07 Å². The van der Waals surface area contributed by atoms with Crippen LogP contribution in [0.2, 0.25) is 0 Å². The van der Waals surface area contributed by atoms with Crippen molar-refractivity contribution in [3.8, 4) is 0 Å². The van der Waals surface area contributed by atoms with Crippen molar-refractivity contribution in [1.82, 2.24) is 0 Å². The minimum atomic E-state index is -0.312. The lowest BCUT2D eigenvalue weighted by Crippen LogP contribution is -1.97. The molecule has 0 atom stereocenters. The maximum Gasteiger partial charge on any atom is 0.336 e. The molecule has 0 amide bonds. The molecule has 0 spiro atoms. The Morgan fingerprint density at radius 3 is 2.50 bits per heavy atom. The molecule has 1 aromatic heterocycles. The standard InChI is InChI=1S/C14H12O2/c1-11-9-13(16-14(15)10-11)8-7-12-5-3-2-4-6-12/h2-10H,1H3/b8-7+. The Bertz CT molecular complexity index is 550. The molecule has 0 aliphatic carbocycles. The lowest BCUT2D eigenvalue weighted by Gasteiger charge is -1.94. The highest BCUT2D eigenvalue weighted by Gasteiger charge is 1.94. The Morgan fingerprint density at radius 1 is 1.06 bits per heavy atom. The molecule has 0 saturated carbocycles. The number of hydrogen-bond donors (Lipinski definition) is 0. The number of hydrogen-bond acceptors (Lipinski definition) is 2. The monoisotopic (exact) mass is 212 g/mol. The zero-order valence-corrected chi connectivity index (χ0v) is 9.01. The van der Waals surface area contributed by atoms with E-state index in [1.807, 2.05) is 49.4 Å². The Labute approximate surface area is 93.9 Å². The third kappa shape index (κ3) is 2.70. The van der Waals surface area contributed by atoms with E-state index in [4.69, 9.17) is 4.42 Å². The van der Waals surface area contributed by atoms with E-state index in [2.05, 4.69) is 0 Å². The summed E-state index contributed by atoms with van der Waals surface area (Å²) < 4.78 is 5.04. The second-order valence-electron chi connectivity index (χ2n) is 3.60. The summed E-state index contributed by atoms with van der Waals surface area (Å²) in [5.74, 6) is 0.578. The Kier molecular flexibility index (Phi) is 3.01. The van der Waals surface area contributed by atoms with Crippen molar-refractivity contribution < 1.29 is 4.42 Å². The Morgan fingerprint density at radius 2 is 1.81 bits per heavy atom. The highest BCUT2D eigenvalue weighted by atomic mass is 16.4. The van der Waals surface area contributed by atoms with Crippen molar-refractivity contribution in [2.45, 2.75) is 6.92 Å². The van der Waals surface area contributed by atoms with Crippen LogP contribution >= 0.6 is 0 Å². The van der Waals surface area contributed by atoms with Crippen LogP contribution in [-0.2, 0) is 0 Å². The largest absolute Gasteiger partial charge is 0.423 e. The first-order valence-electron chi connectivity index (χ1n) is 5.09. The predicted octanol–water partition coefficient (Wildman–Crippen LogP) is 3.12. The molecule has 1 aromatic carbocycles. The van der Waals surface area contributed by atoms with Crippen LogP contribution in [0.5, 0.6) is 0 Å². The summed E-state index contributed by atoms with van der Waals surface area (Å²) in [5.41, 5.74) is 1.67. The molecular weight excluding hydrogens is 200 g/mol. The third-order valence-corrected chi connectivity index (χ3v) is 2.17. The van der Waals surface area contributed by atoms with Crippen LogP contribution in [0.1, 0.15) is 16.9 Å². The molecule has 0 bridgehead atoms. The third-order valence-electron chi connectivity index (χ3n) is 2.17. The first-order chi connectivity index (χ1) is 7.74. The van der Waals surface area contributed by atoms with Crippen molar-refractivity contribution >= 4 is 12.2 Å². The maximum absolute atomic E-state index is 11.1. The predicted molar refractivity (Wildman–Crippen MR) is 65.1 cm³/mol. The van der Waals surface area contributed by atoms with Gasteiger partial charge < -0.3 is 4.42 Å².